The van der Waals surface area contributed by atoms with Gasteiger partial charge in [0.1, 0.15) is 12.4 Å². The lowest BCUT2D eigenvalue weighted by Crippen LogP contribution is -2.03. The van der Waals surface area contributed by atoms with Crippen molar-refractivity contribution in [2.75, 3.05) is 0 Å². The van der Waals surface area contributed by atoms with Crippen LogP contribution in [-0.2, 0) is 13.0 Å². The predicted octanol–water partition coefficient (Wildman–Crippen LogP) is 4.44. The van der Waals surface area contributed by atoms with Crippen molar-refractivity contribution < 1.29 is 9.84 Å². The number of hydrogen-bond donors (Lipinski definition) is 1. The van der Waals surface area contributed by atoms with E-state index in [2.05, 4.69) is 0 Å². The summed E-state index contributed by atoms with van der Waals surface area (Å²) in [6, 6.07) is 15.7. The number of ether oxygens (including phenoxy) is 1. The van der Waals surface area contributed by atoms with Crippen molar-refractivity contribution in [3.05, 3.63) is 71.1 Å². The minimum Gasteiger partial charge on any atom is -0.489 e. The fourth-order valence-corrected chi connectivity index (χ4v) is 2.25. The molecule has 0 saturated heterocycles. The van der Waals surface area contributed by atoms with Gasteiger partial charge in [0.25, 0.3) is 0 Å². The number of rotatable bonds is 7. The maximum absolute atomic E-state index is 9.29. The highest BCUT2D eigenvalue weighted by Crippen LogP contribution is 2.26. The Morgan fingerprint density at radius 2 is 1.95 bits per heavy atom. The van der Waals surface area contributed by atoms with Crippen molar-refractivity contribution in [3.8, 4) is 5.75 Å². The quantitative estimate of drug-likeness (QED) is 0.819. The van der Waals surface area contributed by atoms with Crippen LogP contribution >= 0.6 is 11.6 Å². The average Bonchev–Trinajstić information content (AvgIpc) is 2.48. The summed E-state index contributed by atoms with van der Waals surface area (Å²) in [6.07, 6.45) is 3.13. The van der Waals surface area contributed by atoms with Crippen LogP contribution in [0.3, 0.4) is 0 Å². The maximum atomic E-state index is 9.29. The normalized spacial score (nSPS) is 12.1. The topological polar surface area (TPSA) is 29.5 Å². The number of aliphatic hydroxyl groups excluding tert-OH is 1. The number of hydrogen-bond acceptors (Lipinski definition) is 2. The van der Waals surface area contributed by atoms with Crippen molar-refractivity contribution in [2.45, 2.75) is 32.5 Å². The summed E-state index contributed by atoms with van der Waals surface area (Å²) in [5, 5.41) is 9.96. The molecular weight excluding hydrogens is 284 g/mol. The van der Waals surface area contributed by atoms with Gasteiger partial charge in [0.15, 0.2) is 0 Å². The summed E-state index contributed by atoms with van der Waals surface area (Å²) in [6.45, 7) is 2.28. The molecule has 21 heavy (non-hydrogen) atoms. The molecule has 0 aromatic heterocycles. The number of aryl methyl sites for hydroxylation is 1. The third kappa shape index (κ3) is 5.41. The third-order valence-corrected chi connectivity index (χ3v) is 3.42. The molecule has 1 N–H and O–H groups in total. The Morgan fingerprint density at radius 3 is 2.67 bits per heavy atom. The van der Waals surface area contributed by atoms with Gasteiger partial charge in [-0.15, -0.1) is 0 Å². The molecule has 0 aliphatic heterocycles. The van der Waals surface area contributed by atoms with Crippen LogP contribution in [0.5, 0.6) is 5.75 Å². The molecular formula is C18H20ClO2. The first-order valence-corrected chi connectivity index (χ1v) is 7.49. The van der Waals surface area contributed by atoms with E-state index in [1.54, 1.807) is 6.92 Å². The fraction of sp³-hybridized carbons (Fsp3) is 0.278. The molecule has 2 aromatic rings. The zero-order chi connectivity index (χ0) is 15.1. The van der Waals surface area contributed by atoms with Crippen molar-refractivity contribution in [1.82, 2.24) is 0 Å². The van der Waals surface area contributed by atoms with Gasteiger partial charge in [-0.05, 0) is 49.4 Å². The molecule has 1 atom stereocenters. The Morgan fingerprint density at radius 1 is 1.19 bits per heavy atom. The van der Waals surface area contributed by atoms with Crippen LogP contribution in [0.25, 0.3) is 0 Å². The molecule has 0 saturated carbocycles. The lowest BCUT2D eigenvalue weighted by molar-refractivity contribution is 0.223. The standard InChI is InChI=1S/C18H20ClO2/c1-14(20)6-5-9-16-10-11-17(19)12-18(16)21-13-15-7-3-2-4-8-15/h2-4,6-8,10-12,14,20H,5,9,13H2,1H3/t14-/m0/s1. The van der Waals surface area contributed by atoms with E-state index in [-0.39, 0.29) is 6.10 Å². The number of halogens is 1. The summed E-state index contributed by atoms with van der Waals surface area (Å²) in [5.74, 6) is 0.811. The van der Waals surface area contributed by atoms with Crippen molar-refractivity contribution in [3.63, 3.8) is 0 Å². The van der Waals surface area contributed by atoms with E-state index in [9.17, 15) is 5.11 Å². The largest absolute Gasteiger partial charge is 0.489 e. The Balaban J connectivity index is 2.01. The van der Waals surface area contributed by atoms with Crippen LogP contribution in [0.4, 0.5) is 0 Å². The van der Waals surface area contributed by atoms with Crippen molar-refractivity contribution in [1.29, 1.82) is 0 Å². The fourth-order valence-electron chi connectivity index (χ4n) is 2.08. The molecule has 2 aromatic carbocycles. The molecule has 0 fully saturated rings. The predicted molar refractivity (Wildman–Crippen MR) is 86.5 cm³/mol. The Bertz CT molecular complexity index is 552. The Kier molecular flexibility index (Phi) is 6.09. The highest BCUT2D eigenvalue weighted by molar-refractivity contribution is 6.30. The zero-order valence-corrected chi connectivity index (χ0v) is 12.9. The van der Waals surface area contributed by atoms with Gasteiger partial charge >= 0.3 is 0 Å². The first-order valence-electron chi connectivity index (χ1n) is 7.11. The smallest absolute Gasteiger partial charge is 0.124 e. The molecule has 0 aliphatic rings. The van der Waals surface area contributed by atoms with E-state index < -0.39 is 0 Å². The van der Waals surface area contributed by atoms with E-state index in [0.717, 1.165) is 29.7 Å². The second kappa shape index (κ2) is 8.06. The second-order valence-electron chi connectivity index (χ2n) is 5.04. The minimum absolute atomic E-state index is 0.383. The molecule has 1 radical (unpaired) electrons. The highest BCUT2D eigenvalue weighted by Gasteiger charge is 2.06. The molecule has 0 heterocycles. The van der Waals surface area contributed by atoms with E-state index in [1.165, 1.54) is 0 Å². The van der Waals surface area contributed by atoms with Crippen LogP contribution in [-0.4, -0.2) is 11.2 Å². The van der Waals surface area contributed by atoms with E-state index >= 15 is 0 Å². The first-order chi connectivity index (χ1) is 10.1. The third-order valence-electron chi connectivity index (χ3n) is 3.19. The van der Waals surface area contributed by atoms with Crippen LogP contribution in [0.1, 0.15) is 24.5 Å². The van der Waals surface area contributed by atoms with Gasteiger partial charge in [0, 0.05) is 5.02 Å². The second-order valence-corrected chi connectivity index (χ2v) is 5.48. The van der Waals surface area contributed by atoms with Gasteiger partial charge in [-0.25, -0.2) is 0 Å². The van der Waals surface area contributed by atoms with Gasteiger partial charge in [-0.1, -0.05) is 48.0 Å². The summed E-state index contributed by atoms with van der Waals surface area (Å²) in [4.78, 5) is 0. The summed E-state index contributed by atoms with van der Waals surface area (Å²) >= 11 is 6.06. The average molecular weight is 304 g/mol. The summed E-state index contributed by atoms with van der Waals surface area (Å²) in [5.41, 5.74) is 2.23. The Hall–Kier alpha value is -1.51. The summed E-state index contributed by atoms with van der Waals surface area (Å²) in [7, 11) is 0. The first kappa shape index (κ1) is 15.9. The summed E-state index contributed by atoms with van der Waals surface area (Å²) < 4.78 is 5.90. The van der Waals surface area contributed by atoms with E-state index in [4.69, 9.17) is 16.3 Å². The lowest BCUT2D eigenvalue weighted by Gasteiger charge is -2.12. The Labute approximate surface area is 131 Å². The molecule has 3 heteroatoms. The van der Waals surface area contributed by atoms with Crippen LogP contribution < -0.4 is 4.74 Å². The molecule has 0 unspecified atom stereocenters. The number of benzene rings is 2. The van der Waals surface area contributed by atoms with Crippen molar-refractivity contribution in [2.24, 2.45) is 0 Å². The van der Waals surface area contributed by atoms with E-state index in [1.807, 2.05) is 55.0 Å². The van der Waals surface area contributed by atoms with Gasteiger partial charge in [0.2, 0.25) is 0 Å². The van der Waals surface area contributed by atoms with Crippen LogP contribution in [0.15, 0.2) is 48.5 Å². The highest BCUT2D eigenvalue weighted by atomic mass is 35.5. The molecule has 0 amide bonds. The van der Waals surface area contributed by atoms with Gasteiger partial charge in [-0.2, -0.15) is 0 Å². The van der Waals surface area contributed by atoms with Gasteiger partial charge in [-0.3, -0.25) is 0 Å². The SMILES string of the molecule is C[C@H](O)[CH]CCc1ccc(Cl)cc1OCc1ccccc1. The van der Waals surface area contributed by atoms with Crippen molar-refractivity contribution >= 4 is 11.6 Å². The van der Waals surface area contributed by atoms with Crippen LogP contribution in [0.2, 0.25) is 5.02 Å². The number of aliphatic hydroxyl groups is 1. The zero-order valence-electron chi connectivity index (χ0n) is 12.1. The van der Waals surface area contributed by atoms with E-state index in [0.29, 0.717) is 11.6 Å². The molecule has 0 spiro atoms. The molecule has 0 aliphatic carbocycles. The minimum atomic E-state index is -0.383. The monoisotopic (exact) mass is 303 g/mol. The molecule has 0 bridgehead atoms. The molecule has 2 nitrogen and oxygen atoms in total. The lowest BCUT2D eigenvalue weighted by atomic mass is 10.1. The maximum Gasteiger partial charge on any atom is 0.124 e. The molecule has 2 rings (SSSR count). The van der Waals surface area contributed by atoms with Gasteiger partial charge < -0.3 is 9.84 Å². The van der Waals surface area contributed by atoms with Crippen LogP contribution in [0, 0.1) is 6.42 Å². The molecule has 111 valence electrons. The van der Waals surface area contributed by atoms with Gasteiger partial charge in [0.05, 0.1) is 6.10 Å².